The second-order valence-corrected chi connectivity index (χ2v) is 4.33. The van der Waals surface area contributed by atoms with E-state index in [0.29, 0.717) is 17.0 Å². The molecule has 0 unspecified atom stereocenters. The van der Waals surface area contributed by atoms with Gasteiger partial charge in [-0.1, -0.05) is 12.1 Å². The molecule has 0 saturated heterocycles. The van der Waals surface area contributed by atoms with E-state index in [4.69, 9.17) is 4.74 Å². The van der Waals surface area contributed by atoms with Crippen molar-refractivity contribution in [1.82, 2.24) is 10.2 Å². The summed E-state index contributed by atoms with van der Waals surface area (Å²) in [6.07, 6.45) is 1.69. The molecule has 0 atom stereocenters. The minimum atomic E-state index is -0.183. The van der Waals surface area contributed by atoms with Gasteiger partial charge in [-0.3, -0.25) is 9.89 Å². The number of rotatable bonds is 3. The monoisotopic (exact) mass is 267 g/mol. The topological polar surface area (TPSA) is 67.0 Å². The normalized spacial score (nSPS) is 10.4. The average Bonchev–Trinajstić information content (AvgIpc) is 2.95. The van der Waals surface area contributed by atoms with Gasteiger partial charge in [0.1, 0.15) is 5.75 Å². The number of carbonyl (C=O) groups is 1. The Morgan fingerprint density at radius 3 is 2.95 bits per heavy atom. The maximum absolute atomic E-state index is 12.3. The van der Waals surface area contributed by atoms with E-state index in [2.05, 4.69) is 15.5 Å². The van der Waals surface area contributed by atoms with Crippen LogP contribution in [0.2, 0.25) is 0 Å². The number of para-hydroxylation sites is 2. The number of hydrogen-bond acceptors (Lipinski definition) is 3. The highest BCUT2D eigenvalue weighted by Crippen LogP contribution is 2.24. The highest BCUT2D eigenvalue weighted by atomic mass is 16.5. The van der Waals surface area contributed by atoms with Crippen molar-refractivity contribution in [2.75, 3.05) is 12.4 Å². The Kier molecular flexibility index (Phi) is 3.09. The van der Waals surface area contributed by atoms with Crippen LogP contribution < -0.4 is 10.1 Å². The van der Waals surface area contributed by atoms with Gasteiger partial charge in [0.15, 0.2) is 0 Å². The van der Waals surface area contributed by atoms with Gasteiger partial charge in [-0.2, -0.15) is 5.10 Å². The molecule has 3 rings (SSSR count). The van der Waals surface area contributed by atoms with E-state index in [1.54, 1.807) is 37.6 Å². The highest BCUT2D eigenvalue weighted by Gasteiger charge is 2.10. The van der Waals surface area contributed by atoms with Crippen molar-refractivity contribution in [3.63, 3.8) is 0 Å². The van der Waals surface area contributed by atoms with Crippen molar-refractivity contribution in [2.24, 2.45) is 0 Å². The Balaban J connectivity index is 1.88. The Morgan fingerprint density at radius 1 is 1.25 bits per heavy atom. The van der Waals surface area contributed by atoms with Crippen LogP contribution in [0.25, 0.3) is 10.9 Å². The predicted octanol–water partition coefficient (Wildman–Crippen LogP) is 2.82. The molecule has 1 aromatic heterocycles. The van der Waals surface area contributed by atoms with Crippen LogP contribution in [-0.2, 0) is 0 Å². The molecule has 0 spiro atoms. The highest BCUT2D eigenvalue weighted by molar-refractivity contribution is 6.06. The molecule has 2 N–H and O–H groups in total. The average molecular weight is 267 g/mol. The summed E-state index contributed by atoms with van der Waals surface area (Å²) in [4.78, 5) is 12.3. The third-order valence-electron chi connectivity index (χ3n) is 3.06. The third-order valence-corrected chi connectivity index (χ3v) is 3.06. The molecule has 0 fully saturated rings. The summed E-state index contributed by atoms with van der Waals surface area (Å²) >= 11 is 0. The van der Waals surface area contributed by atoms with Gasteiger partial charge in [0.2, 0.25) is 0 Å². The number of anilines is 1. The summed E-state index contributed by atoms with van der Waals surface area (Å²) in [7, 11) is 1.57. The fourth-order valence-electron chi connectivity index (χ4n) is 2.03. The van der Waals surface area contributed by atoms with Gasteiger partial charge in [-0.25, -0.2) is 0 Å². The third kappa shape index (κ3) is 2.21. The predicted molar refractivity (Wildman–Crippen MR) is 77.0 cm³/mol. The van der Waals surface area contributed by atoms with Crippen molar-refractivity contribution in [3.8, 4) is 5.75 Å². The van der Waals surface area contributed by atoms with Crippen LogP contribution in [0.3, 0.4) is 0 Å². The first kappa shape index (κ1) is 12.2. The van der Waals surface area contributed by atoms with Crippen LogP contribution in [0, 0.1) is 0 Å². The molecule has 5 nitrogen and oxygen atoms in total. The van der Waals surface area contributed by atoms with Crippen molar-refractivity contribution in [1.29, 1.82) is 0 Å². The zero-order valence-corrected chi connectivity index (χ0v) is 10.9. The number of carbonyl (C=O) groups excluding carboxylic acids is 1. The Hall–Kier alpha value is -2.82. The molecular formula is C15H13N3O2. The molecule has 100 valence electrons. The molecule has 3 aromatic rings. The van der Waals surface area contributed by atoms with Crippen LogP contribution >= 0.6 is 0 Å². The maximum atomic E-state index is 12.3. The molecule has 0 saturated carbocycles. The zero-order valence-electron chi connectivity index (χ0n) is 10.9. The van der Waals surface area contributed by atoms with Gasteiger partial charge in [0.25, 0.3) is 5.91 Å². The minimum absolute atomic E-state index is 0.183. The lowest BCUT2D eigenvalue weighted by Gasteiger charge is -2.09. The lowest BCUT2D eigenvalue weighted by molar-refractivity contribution is 0.102. The number of H-pyrrole nitrogens is 1. The summed E-state index contributed by atoms with van der Waals surface area (Å²) in [5.41, 5.74) is 2.12. The van der Waals surface area contributed by atoms with Crippen LogP contribution in [-0.4, -0.2) is 23.2 Å². The summed E-state index contributed by atoms with van der Waals surface area (Å²) in [6, 6.07) is 12.7. The molecule has 0 bridgehead atoms. The first-order valence-electron chi connectivity index (χ1n) is 6.15. The number of hydrogen-bond donors (Lipinski definition) is 2. The maximum Gasteiger partial charge on any atom is 0.255 e. The molecule has 1 amide bonds. The molecule has 20 heavy (non-hydrogen) atoms. The molecule has 1 heterocycles. The Bertz CT molecular complexity index is 764. The van der Waals surface area contributed by atoms with E-state index in [1.807, 2.05) is 18.2 Å². The number of benzene rings is 2. The van der Waals surface area contributed by atoms with Crippen LogP contribution in [0.1, 0.15) is 10.4 Å². The largest absolute Gasteiger partial charge is 0.495 e. The second kappa shape index (κ2) is 5.05. The van der Waals surface area contributed by atoms with Crippen molar-refractivity contribution in [3.05, 3.63) is 54.2 Å². The second-order valence-electron chi connectivity index (χ2n) is 4.33. The van der Waals surface area contributed by atoms with E-state index in [-0.39, 0.29) is 5.91 Å². The van der Waals surface area contributed by atoms with Gasteiger partial charge in [-0.15, -0.1) is 0 Å². The number of aromatic nitrogens is 2. The van der Waals surface area contributed by atoms with Gasteiger partial charge >= 0.3 is 0 Å². The van der Waals surface area contributed by atoms with E-state index in [9.17, 15) is 4.79 Å². The number of methoxy groups -OCH3 is 1. The first-order valence-corrected chi connectivity index (χ1v) is 6.15. The summed E-state index contributed by atoms with van der Waals surface area (Å²) in [5, 5.41) is 10.5. The Labute approximate surface area is 115 Å². The van der Waals surface area contributed by atoms with Crippen molar-refractivity contribution < 1.29 is 9.53 Å². The van der Waals surface area contributed by atoms with Gasteiger partial charge in [0.05, 0.1) is 24.5 Å². The lowest BCUT2D eigenvalue weighted by atomic mass is 10.1. The fourth-order valence-corrected chi connectivity index (χ4v) is 2.03. The fraction of sp³-hybridized carbons (Fsp3) is 0.0667. The molecule has 2 aromatic carbocycles. The molecule has 0 radical (unpaired) electrons. The SMILES string of the molecule is COc1ccccc1NC(=O)c1ccc2[nH]ncc2c1. The molecule has 0 aliphatic heterocycles. The molecular weight excluding hydrogens is 254 g/mol. The van der Waals surface area contributed by atoms with Crippen molar-refractivity contribution in [2.45, 2.75) is 0 Å². The summed E-state index contributed by atoms with van der Waals surface area (Å²) < 4.78 is 5.21. The van der Waals surface area contributed by atoms with Crippen LogP contribution in [0.5, 0.6) is 5.75 Å². The standard InChI is InChI=1S/C15H13N3O2/c1-20-14-5-3-2-4-13(14)17-15(19)10-6-7-12-11(8-10)9-16-18-12/h2-9H,1H3,(H,16,18)(H,17,19). The summed E-state index contributed by atoms with van der Waals surface area (Å²) in [6.45, 7) is 0. The number of ether oxygens (including phenoxy) is 1. The number of fused-ring (bicyclic) bond motifs is 1. The van der Waals surface area contributed by atoms with E-state index in [0.717, 1.165) is 10.9 Å². The van der Waals surface area contributed by atoms with Crippen LogP contribution in [0.4, 0.5) is 5.69 Å². The van der Waals surface area contributed by atoms with Crippen molar-refractivity contribution >= 4 is 22.5 Å². The molecule has 5 heteroatoms. The Morgan fingerprint density at radius 2 is 2.10 bits per heavy atom. The van der Waals surface area contributed by atoms with Crippen LogP contribution in [0.15, 0.2) is 48.7 Å². The van der Waals surface area contributed by atoms with Gasteiger partial charge in [0, 0.05) is 10.9 Å². The number of nitrogens with one attached hydrogen (secondary N) is 2. The first-order chi connectivity index (χ1) is 9.78. The quantitative estimate of drug-likeness (QED) is 0.766. The number of amides is 1. The van der Waals surface area contributed by atoms with E-state index in [1.165, 1.54) is 0 Å². The van der Waals surface area contributed by atoms with Gasteiger partial charge < -0.3 is 10.1 Å². The molecule has 0 aliphatic rings. The van der Waals surface area contributed by atoms with E-state index < -0.39 is 0 Å². The lowest BCUT2D eigenvalue weighted by Crippen LogP contribution is -2.12. The summed E-state index contributed by atoms with van der Waals surface area (Å²) in [5.74, 6) is 0.447. The van der Waals surface area contributed by atoms with E-state index >= 15 is 0 Å². The smallest absolute Gasteiger partial charge is 0.255 e. The minimum Gasteiger partial charge on any atom is -0.495 e. The number of nitrogens with zero attached hydrogens (tertiary/aromatic N) is 1. The number of aromatic amines is 1. The molecule has 0 aliphatic carbocycles. The zero-order chi connectivity index (χ0) is 13.9. The van der Waals surface area contributed by atoms with Gasteiger partial charge in [-0.05, 0) is 30.3 Å².